The van der Waals surface area contributed by atoms with Crippen LogP contribution in [0.3, 0.4) is 0 Å². The van der Waals surface area contributed by atoms with E-state index in [1.54, 1.807) is 30.3 Å². The molecule has 0 spiro atoms. The van der Waals surface area contributed by atoms with Gasteiger partial charge in [0.15, 0.2) is 9.84 Å². The zero-order chi connectivity index (χ0) is 17.5. The molecule has 24 heavy (non-hydrogen) atoms. The highest BCUT2D eigenvalue weighted by Gasteiger charge is 2.75. The summed E-state index contributed by atoms with van der Waals surface area (Å²) in [5, 5.41) is 18.2. The van der Waals surface area contributed by atoms with Crippen molar-refractivity contribution < 1.29 is 23.4 Å². The van der Waals surface area contributed by atoms with Crippen molar-refractivity contribution in [1.29, 1.82) is 0 Å². The molecule has 0 bridgehead atoms. The van der Waals surface area contributed by atoms with Gasteiger partial charge >= 0.3 is 5.97 Å². The lowest BCUT2D eigenvalue weighted by molar-refractivity contribution is -0.145. The second kappa shape index (κ2) is 5.72. The second-order valence-electron chi connectivity index (χ2n) is 6.17. The van der Waals surface area contributed by atoms with Crippen molar-refractivity contribution in [1.82, 2.24) is 0 Å². The number of hydrogen-bond acceptors (Lipinski definition) is 4. The number of carbonyl (C=O) groups is 1. The van der Waals surface area contributed by atoms with Gasteiger partial charge in [0.05, 0.1) is 16.8 Å². The van der Waals surface area contributed by atoms with Crippen molar-refractivity contribution in [2.45, 2.75) is 23.0 Å². The van der Waals surface area contributed by atoms with E-state index in [1.807, 2.05) is 19.1 Å². The molecule has 1 aliphatic carbocycles. The highest BCUT2D eigenvalue weighted by Crippen LogP contribution is 2.64. The summed E-state index contributed by atoms with van der Waals surface area (Å²) in [5.74, 6) is -2.06. The van der Waals surface area contributed by atoms with E-state index in [4.69, 9.17) is 0 Å². The molecular weight excluding hydrogens is 328 g/mol. The molecule has 0 heterocycles. The third kappa shape index (κ3) is 2.34. The van der Waals surface area contributed by atoms with Gasteiger partial charge in [-0.2, -0.15) is 0 Å². The Morgan fingerprint density at radius 3 is 2.17 bits per heavy atom. The lowest BCUT2D eigenvalue weighted by atomic mass is 9.99. The molecule has 5 nitrogen and oxygen atoms in total. The Morgan fingerprint density at radius 1 is 1.08 bits per heavy atom. The SMILES string of the molecule is Cc1ccc([C@H]2[C@H](S(=O)(=O)c3ccccc3)[C@@]2(CO)C(=O)O)cc1. The molecule has 0 saturated heterocycles. The monoisotopic (exact) mass is 346 g/mol. The molecule has 1 saturated carbocycles. The van der Waals surface area contributed by atoms with Gasteiger partial charge in [-0.1, -0.05) is 48.0 Å². The molecule has 3 rings (SSSR count). The van der Waals surface area contributed by atoms with Crippen molar-refractivity contribution in [2.24, 2.45) is 5.41 Å². The molecule has 6 heteroatoms. The van der Waals surface area contributed by atoms with Crippen LogP contribution < -0.4 is 0 Å². The first-order chi connectivity index (χ1) is 11.4. The minimum Gasteiger partial charge on any atom is -0.481 e. The summed E-state index contributed by atoms with van der Waals surface area (Å²) in [6, 6.07) is 14.9. The zero-order valence-electron chi connectivity index (χ0n) is 13.1. The largest absolute Gasteiger partial charge is 0.481 e. The van der Waals surface area contributed by atoms with E-state index in [0.717, 1.165) is 5.56 Å². The summed E-state index contributed by atoms with van der Waals surface area (Å²) in [5.41, 5.74) is -0.0995. The molecule has 0 unspecified atom stereocenters. The predicted octanol–water partition coefficient (Wildman–Crippen LogP) is 2.00. The van der Waals surface area contributed by atoms with Crippen molar-refractivity contribution in [3.8, 4) is 0 Å². The van der Waals surface area contributed by atoms with Gasteiger partial charge in [-0.05, 0) is 24.6 Å². The molecule has 0 aromatic heterocycles. The first-order valence-corrected chi connectivity index (χ1v) is 9.10. The molecule has 2 N–H and O–H groups in total. The van der Waals surface area contributed by atoms with Crippen LogP contribution in [-0.2, 0) is 14.6 Å². The zero-order valence-corrected chi connectivity index (χ0v) is 13.9. The Balaban J connectivity index is 2.11. The van der Waals surface area contributed by atoms with Crippen molar-refractivity contribution >= 4 is 15.8 Å². The fourth-order valence-corrected chi connectivity index (χ4v) is 5.76. The van der Waals surface area contributed by atoms with E-state index in [-0.39, 0.29) is 4.90 Å². The molecule has 1 fully saturated rings. The first-order valence-electron chi connectivity index (χ1n) is 7.55. The van der Waals surface area contributed by atoms with Crippen molar-refractivity contribution in [3.63, 3.8) is 0 Å². The minimum atomic E-state index is -3.88. The van der Waals surface area contributed by atoms with Crippen LogP contribution in [0.2, 0.25) is 0 Å². The Kier molecular flexibility index (Phi) is 3.97. The summed E-state index contributed by atoms with van der Waals surface area (Å²) in [7, 11) is -3.88. The Morgan fingerprint density at radius 2 is 1.67 bits per heavy atom. The molecule has 0 radical (unpaired) electrons. The summed E-state index contributed by atoms with van der Waals surface area (Å²) in [6.07, 6.45) is 0. The number of carboxylic acids is 1. The Bertz CT molecular complexity index is 858. The topological polar surface area (TPSA) is 91.7 Å². The average molecular weight is 346 g/mol. The minimum absolute atomic E-state index is 0.0729. The standard InChI is InChI=1S/C18H18O5S/c1-12-7-9-13(10-8-12)15-16(18(15,11-19)17(20)21)24(22,23)14-5-3-2-4-6-14/h2-10,15-16,19H,11H2,1H3,(H,20,21)/t15-,16-,18-/m0/s1. The number of aliphatic hydroxyl groups is 1. The van der Waals surface area contributed by atoms with Crippen LogP contribution >= 0.6 is 0 Å². The number of carboxylic acid groups (broad SMARTS) is 1. The third-order valence-corrected chi connectivity index (χ3v) is 7.05. The van der Waals surface area contributed by atoms with Crippen LogP contribution in [0.25, 0.3) is 0 Å². The number of aliphatic hydroxyl groups excluding tert-OH is 1. The summed E-state index contributed by atoms with van der Waals surface area (Å²) < 4.78 is 25.9. The quantitative estimate of drug-likeness (QED) is 0.864. The number of aryl methyl sites for hydroxylation is 1. The summed E-state index contributed by atoms with van der Waals surface area (Å²) in [4.78, 5) is 11.9. The molecule has 0 aliphatic heterocycles. The second-order valence-corrected chi connectivity index (χ2v) is 8.24. The van der Waals surface area contributed by atoms with Gasteiger partial charge in [-0.3, -0.25) is 4.79 Å². The van der Waals surface area contributed by atoms with Gasteiger partial charge in [0.1, 0.15) is 5.41 Å². The van der Waals surface area contributed by atoms with E-state index in [9.17, 15) is 23.4 Å². The smallest absolute Gasteiger partial charge is 0.314 e. The number of sulfone groups is 1. The number of hydrogen-bond donors (Lipinski definition) is 2. The molecular formula is C18H18O5S. The number of benzene rings is 2. The summed E-state index contributed by atoms with van der Waals surface area (Å²) in [6.45, 7) is 1.17. The third-order valence-electron chi connectivity index (χ3n) is 4.76. The van der Waals surface area contributed by atoms with E-state index in [2.05, 4.69) is 0 Å². The fourth-order valence-electron chi connectivity index (χ4n) is 3.37. The van der Waals surface area contributed by atoms with Crippen molar-refractivity contribution in [3.05, 3.63) is 65.7 Å². The van der Waals surface area contributed by atoms with Crippen LogP contribution in [0, 0.1) is 12.3 Å². The Labute approximate surface area is 140 Å². The predicted molar refractivity (Wildman–Crippen MR) is 88.5 cm³/mol. The van der Waals surface area contributed by atoms with Gasteiger partial charge in [0.2, 0.25) is 0 Å². The highest BCUT2D eigenvalue weighted by atomic mass is 32.2. The lowest BCUT2D eigenvalue weighted by Gasteiger charge is -2.09. The van der Waals surface area contributed by atoms with Gasteiger partial charge in [-0.25, -0.2) is 8.42 Å². The van der Waals surface area contributed by atoms with Gasteiger partial charge in [0.25, 0.3) is 0 Å². The van der Waals surface area contributed by atoms with E-state index < -0.39 is 39.0 Å². The maximum atomic E-state index is 12.9. The average Bonchev–Trinajstić information content (AvgIpc) is 3.28. The van der Waals surface area contributed by atoms with Crippen LogP contribution in [0.1, 0.15) is 17.0 Å². The van der Waals surface area contributed by atoms with Gasteiger partial charge in [0, 0.05) is 5.92 Å². The molecule has 1 aliphatic rings. The molecule has 2 aromatic rings. The van der Waals surface area contributed by atoms with Crippen LogP contribution in [0.15, 0.2) is 59.5 Å². The van der Waals surface area contributed by atoms with E-state index in [0.29, 0.717) is 5.56 Å². The normalized spacial score (nSPS) is 26.1. The Hall–Kier alpha value is -2.18. The fraction of sp³-hybridized carbons (Fsp3) is 0.278. The van der Waals surface area contributed by atoms with Crippen LogP contribution in [0.5, 0.6) is 0 Å². The van der Waals surface area contributed by atoms with Gasteiger partial charge in [-0.15, -0.1) is 0 Å². The number of rotatable bonds is 5. The van der Waals surface area contributed by atoms with Gasteiger partial charge < -0.3 is 10.2 Å². The number of aliphatic carboxylic acids is 1. The van der Waals surface area contributed by atoms with Crippen LogP contribution in [0.4, 0.5) is 0 Å². The lowest BCUT2D eigenvalue weighted by Crippen LogP contribution is -2.27. The molecule has 126 valence electrons. The highest BCUT2D eigenvalue weighted by molar-refractivity contribution is 7.92. The van der Waals surface area contributed by atoms with Crippen molar-refractivity contribution in [2.75, 3.05) is 6.61 Å². The van der Waals surface area contributed by atoms with E-state index >= 15 is 0 Å². The first kappa shape index (κ1) is 16.7. The van der Waals surface area contributed by atoms with E-state index in [1.165, 1.54) is 12.1 Å². The summed E-state index contributed by atoms with van der Waals surface area (Å²) >= 11 is 0. The maximum Gasteiger partial charge on any atom is 0.314 e. The van der Waals surface area contributed by atoms with Crippen LogP contribution in [-0.4, -0.2) is 36.5 Å². The maximum absolute atomic E-state index is 12.9. The molecule has 2 aromatic carbocycles. The molecule has 0 amide bonds. The molecule has 3 atom stereocenters.